The molecule has 0 unspecified atom stereocenters. The Bertz CT molecular complexity index is 846. The minimum absolute atomic E-state index is 0.0292. The number of amides is 3. The molecule has 0 spiro atoms. The van der Waals surface area contributed by atoms with Crippen LogP contribution in [0.4, 0.5) is 10.5 Å². The number of nitrogens with one attached hydrogen (secondary N) is 1. The van der Waals surface area contributed by atoms with Crippen molar-refractivity contribution in [3.05, 3.63) is 29.3 Å². The molecule has 0 radical (unpaired) electrons. The molecule has 0 aromatic heterocycles. The van der Waals surface area contributed by atoms with Crippen molar-refractivity contribution in [2.75, 3.05) is 52.3 Å². The molecule has 1 aliphatic rings. The normalized spacial score (nSPS) is 13.3. The summed E-state index contributed by atoms with van der Waals surface area (Å²) in [4.78, 5) is 63.1. The molecule has 1 fully saturated rings. The predicted octanol–water partition coefficient (Wildman–Crippen LogP) is 0.499. The molecule has 11 heteroatoms. The van der Waals surface area contributed by atoms with Crippen LogP contribution >= 0.6 is 0 Å². The fourth-order valence-corrected chi connectivity index (χ4v) is 2.81. The second-order valence-electron chi connectivity index (χ2n) is 6.18. The fraction of sp³-hybridized carbons (Fsp3) is 0.421. The van der Waals surface area contributed by atoms with Gasteiger partial charge < -0.3 is 29.3 Å². The van der Waals surface area contributed by atoms with Crippen molar-refractivity contribution in [1.82, 2.24) is 9.80 Å². The first-order valence-corrected chi connectivity index (χ1v) is 9.15. The van der Waals surface area contributed by atoms with Crippen LogP contribution in [0, 0.1) is 0 Å². The molecule has 1 heterocycles. The van der Waals surface area contributed by atoms with Gasteiger partial charge in [-0.25, -0.2) is 14.4 Å². The fourth-order valence-electron chi connectivity index (χ4n) is 2.81. The van der Waals surface area contributed by atoms with Crippen LogP contribution in [-0.2, 0) is 23.8 Å². The Kier molecular flexibility index (Phi) is 7.73. The highest BCUT2D eigenvalue weighted by atomic mass is 16.6. The van der Waals surface area contributed by atoms with Crippen LogP contribution in [0.25, 0.3) is 0 Å². The monoisotopic (exact) mass is 421 g/mol. The molecule has 1 aromatic carbocycles. The molecule has 1 aromatic rings. The third-order valence-electron chi connectivity index (χ3n) is 4.38. The van der Waals surface area contributed by atoms with Crippen LogP contribution in [0.1, 0.15) is 27.6 Å². The molecule has 2 rings (SSSR count). The van der Waals surface area contributed by atoms with E-state index in [1.165, 1.54) is 35.1 Å². The summed E-state index contributed by atoms with van der Waals surface area (Å²) >= 11 is 0. The average Bonchev–Trinajstić information content (AvgIpc) is 2.77. The lowest BCUT2D eigenvalue weighted by molar-refractivity contribution is -0.144. The summed E-state index contributed by atoms with van der Waals surface area (Å²) in [6.07, 6.45) is -0.476. The van der Waals surface area contributed by atoms with E-state index in [1.807, 2.05) is 0 Å². The summed E-state index contributed by atoms with van der Waals surface area (Å²) in [7, 11) is 2.35. The highest BCUT2D eigenvalue weighted by molar-refractivity contribution is 6.40. The molecule has 11 nitrogen and oxygen atoms in total. The van der Waals surface area contributed by atoms with Gasteiger partial charge in [-0.15, -0.1) is 0 Å². The van der Waals surface area contributed by atoms with Gasteiger partial charge in [0.1, 0.15) is 0 Å². The Hall–Kier alpha value is -3.63. The van der Waals surface area contributed by atoms with Gasteiger partial charge in [-0.2, -0.15) is 0 Å². The number of ether oxygens (including phenoxy) is 3. The van der Waals surface area contributed by atoms with Gasteiger partial charge in [0, 0.05) is 26.2 Å². The van der Waals surface area contributed by atoms with E-state index < -0.39 is 29.8 Å². The molecule has 1 saturated heterocycles. The Morgan fingerprint density at radius 1 is 0.933 bits per heavy atom. The largest absolute Gasteiger partial charge is 0.465 e. The van der Waals surface area contributed by atoms with Gasteiger partial charge in [-0.05, 0) is 25.1 Å². The Labute approximate surface area is 172 Å². The number of benzene rings is 1. The number of carbonyl (C=O) groups excluding carboxylic acids is 5. The van der Waals surface area contributed by atoms with Gasteiger partial charge in [-0.3, -0.25) is 9.59 Å². The van der Waals surface area contributed by atoms with Crippen LogP contribution in [0.3, 0.4) is 0 Å². The number of carbonyl (C=O) groups is 5. The van der Waals surface area contributed by atoms with E-state index in [4.69, 9.17) is 4.74 Å². The third-order valence-corrected chi connectivity index (χ3v) is 4.38. The predicted molar refractivity (Wildman–Crippen MR) is 103 cm³/mol. The summed E-state index contributed by atoms with van der Waals surface area (Å²) < 4.78 is 14.2. The minimum atomic E-state index is -0.994. The van der Waals surface area contributed by atoms with Crippen molar-refractivity contribution in [3.63, 3.8) is 0 Å². The number of nitrogens with zero attached hydrogens (tertiary/aromatic N) is 2. The number of piperazine rings is 1. The van der Waals surface area contributed by atoms with Crippen molar-refractivity contribution in [2.45, 2.75) is 6.92 Å². The SMILES string of the molecule is CCOC(=O)N1CCN(C(=O)C(=O)Nc2cc(C(=O)OC)ccc2C(=O)OC)CC1. The summed E-state index contributed by atoms with van der Waals surface area (Å²) in [6.45, 7) is 2.69. The highest BCUT2D eigenvalue weighted by Crippen LogP contribution is 2.20. The smallest absolute Gasteiger partial charge is 0.409 e. The van der Waals surface area contributed by atoms with E-state index in [9.17, 15) is 24.0 Å². The van der Waals surface area contributed by atoms with Crippen molar-refractivity contribution in [1.29, 1.82) is 0 Å². The zero-order valence-corrected chi connectivity index (χ0v) is 16.9. The maximum Gasteiger partial charge on any atom is 0.409 e. The number of hydrogen-bond donors (Lipinski definition) is 1. The molecular weight excluding hydrogens is 398 g/mol. The van der Waals surface area contributed by atoms with Crippen LogP contribution in [0.15, 0.2) is 18.2 Å². The van der Waals surface area contributed by atoms with Crippen molar-refractivity contribution in [2.24, 2.45) is 0 Å². The van der Waals surface area contributed by atoms with Gasteiger partial charge in [-0.1, -0.05) is 0 Å². The first-order valence-electron chi connectivity index (χ1n) is 9.15. The summed E-state index contributed by atoms with van der Waals surface area (Å²) in [5, 5.41) is 2.35. The molecule has 0 atom stereocenters. The van der Waals surface area contributed by atoms with E-state index in [0.29, 0.717) is 0 Å². The Morgan fingerprint density at radius 2 is 1.53 bits per heavy atom. The molecule has 162 valence electrons. The van der Waals surface area contributed by atoms with E-state index in [2.05, 4.69) is 14.8 Å². The molecular formula is C19H23N3O8. The van der Waals surface area contributed by atoms with Gasteiger partial charge in [0.25, 0.3) is 0 Å². The van der Waals surface area contributed by atoms with Gasteiger partial charge in [0.05, 0.1) is 37.6 Å². The van der Waals surface area contributed by atoms with E-state index in [1.54, 1.807) is 6.92 Å². The van der Waals surface area contributed by atoms with Crippen LogP contribution in [-0.4, -0.2) is 86.7 Å². The second-order valence-corrected chi connectivity index (χ2v) is 6.18. The number of anilines is 1. The summed E-state index contributed by atoms with van der Waals surface area (Å²) in [5.74, 6) is -3.26. The van der Waals surface area contributed by atoms with E-state index >= 15 is 0 Å². The third kappa shape index (κ3) is 5.25. The van der Waals surface area contributed by atoms with Crippen molar-refractivity contribution < 1.29 is 38.2 Å². The Morgan fingerprint density at radius 3 is 2.10 bits per heavy atom. The summed E-state index contributed by atoms with van der Waals surface area (Å²) in [5.41, 5.74) is -0.0114. The lowest BCUT2D eigenvalue weighted by Crippen LogP contribution is -2.53. The van der Waals surface area contributed by atoms with E-state index in [0.717, 1.165) is 7.11 Å². The Balaban J connectivity index is 2.11. The molecule has 1 aliphatic heterocycles. The van der Waals surface area contributed by atoms with Crippen molar-refractivity contribution >= 4 is 35.5 Å². The molecule has 0 bridgehead atoms. The molecule has 0 saturated carbocycles. The zero-order chi connectivity index (χ0) is 22.3. The molecule has 0 aliphatic carbocycles. The van der Waals surface area contributed by atoms with Crippen LogP contribution < -0.4 is 5.32 Å². The first kappa shape index (κ1) is 22.7. The maximum absolute atomic E-state index is 12.5. The summed E-state index contributed by atoms with van der Waals surface area (Å²) in [6, 6.07) is 3.85. The van der Waals surface area contributed by atoms with Gasteiger partial charge in [0.2, 0.25) is 0 Å². The lowest BCUT2D eigenvalue weighted by Gasteiger charge is -2.33. The van der Waals surface area contributed by atoms with Crippen molar-refractivity contribution in [3.8, 4) is 0 Å². The number of methoxy groups -OCH3 is 2. The standard InChI is InChI=1S/C19H23N3O8/c1-4-30-19(27)22-9-7-21(8-10-22)16(24)15(23)20-14-11-12(17(25)28-2)5-6-13(14)18(26)29-3/h5-6,11H,4,7-10H2,1-3H3,(H,20,23). The lowest BCUT2D eigenvalue weighted by atomic mass is 10.1. The van der Waals surface area contributed by atoms with Crippen LogP contribution in [0.2, 0.25) is 0 Å². The molecule has 30 heavy (non-hydrogen) atoms. The number of rotatable bonds is 4. The molecule has 3 amide bonds. The topological polar surface area (TPSA) is 132 Å². The quantitative estimate of drug-likeness (QED) is 0.422. The van der Waals surface area contributed by atoms with E-state index in [-0.39, 0.29) is 49.6 Å². The van der Waals surface area contributed by atoms with Crippen LogP contribution in [0.5, 0.6) is 0 Å². The zero-order valence-electron chi connectivity index (χ0n) is 16.9. The van der Waals surface area contributed by atoms with Gasteiger partial charge >= 0.3 is 29.8 Å². The minimum Gasteiger partial charge on any atom is -0.465 e. The average molecular weight is 421 g/mol. The number of hydrogen-bond acceptors (Lipinski definition) is 8. The first-order chi connectivity index (χ1) is 14.3. The van der Waals surface area contributed by atoms with Gasteiger partial charge in [0.15, 0.2) is 0 Å². The second kappa shape index (κ2) is 10.2. The maximum atomic E-state index is 12.5. The molecule has 1 N–H and O–H groups in total. The number of esters is 2. The highest BCUT2D eigenvalue weighted by Gasteiger charge is 2.29.